The van der Waals surface area contributed by atoms with Gasteiger partial charge in [0.1, 0.15) is 17.7 Å². The first kappa shape index (κ1) is 34.3. The molecule has 6 rings (SSSR count). The molecule has 1 aromatic carbocycles. The molecule has 4 N–H and O–H groups in total. The van der Waals surface area contributed by atoms with Crippen LogP contribution in [0.3, 0.4) is 0 Å². The summed E-state index contributed by atoms with van der Waals surface area (Å²) < 4.78 is 39.2. The lowest BCUT2D eigenvalue weighted by Gasteiger charge is -2.63. The van der Waals surface area contributed by atoms with E-state index in [1.165, 1.54) is 6.92 Å². The first-order valence-corrected chi connectivity index (χ1v) is 17.5. The standard InChI is InChI=1S/C35H42F2N4O6S/c1-5-28(43)47-34(31(46)48-18-36)12-11-24-25-10-9-22-14-26-21(15-32(22,3)35(25,37)27(42)16-33(24,34)4)17-39-41(26)23-8-6-7-20(13-23)30(45)40-19(2)29(38)44/h6-8,13-14,17,19,24-25,27,42H,5,9-12,15-16,18H2,1-4H3,(H2,38,44)(H,40,45)/t19-,24-,25-,27-,32-,33-,34-,35-/m0/s1. The van der Waals surface area contributed by atoms with Gasteiger partial charge in [0.15, 0.2) is 5.60 Å². The third kappa shape index (κ3) is 4.86. The highest BCUT2D eigenvalue weighted by atomic mass is 32.2. The van der Waals surface area contributed by atoms with E-state index in [0.29, 0.717) is 42.3 Å². The zero-order chi connectivity index (χ0) is 34.8. The number of benzene rings is 1. The lowest BCUT2D eigenvalue weighted by Crippen LogP contribution is -2.70. The van der Waals surface area contributed by atoms with E-state index in [4.69, 9.17) is 10.5 Å². The van der Waals surface area contributed by atoms with E-state index in [2.05, 4.69) is 10.4 Å². The van der Waals surface area contributed by atoms with Gasteiger partial charge in [-0.1, -0.05) is 32.4 Å². The number of carbonyl (C=O) groups is 4. The molecule has 13 heteroatoms. The molecule has 3 saturated carbocycles. The van der Waals surface area contributed by atoms with Crippen LogP contribution in [-0.4, -0.2) is 67.2 Å². The molecule has 10 nitrogen and oxygen atoms in total. The van der Waals surface area contributed by atoms with Crippen LogP contribution in [0.4, 0.5) is 8.78 Å². The van der Waals surface area contributed by atoms with E-state index in [1.807, 2.05) is 13.0 Å². The number of nitrogens with one attached hydrogen (secondary N) is 1. The molecular weight excluding hydrogens is 642 g/mol. The highest BCUT2D eigenvalue weighted by molar-refractivity contribution is 8.13. The number of amides is 2. The average molecular weight is 685 g/mol. The van der Waals surface area contributed by atoms with E-state index < -0.39 is 69.1 Å². The third-order valence-corrected chi connectivity index (χ3v) is 12.6. The van der Waals surface area contributed by atoms with Crippen LogP contribution in [0.2, 0.25) is 0 Å². The second-order valence-corrected chi connectivity index (χ2v) is 15.1. The Bertz CT molecular complexity index is 1710. The molecule has 4 aliphatic rings. The van der Waals surface area contributed by atoms with Gasteiger partial charge in [0.2, 0.25) is 11.0 Å². The Morgan fingerprint density at radius 2 is 1.98 bits per heavy atom. The van der Waals surface area contributed by atoms with Crippen molar-refractivity contribution in [3.63, 3.8) is 0 Å². The minimum absolute atomic E-state index is 0.0311. The van der Waals surface area contributed by atoms with E-state index in [-0.39, 0.29) is 31.6 Å². The zero-order valence-corrected chi connectivity index (χ0v) is 28.4. The summed E-state index contributed by atoms with van der Waals surface area (Å²) in [6, 6.07) is 4.96. The number of hydrogen-bond acceptors (Lipinski definition) is 8. The number of allylic oxidation sites excluding steroid dienone is 1. The van der Waals surface area contributed by atoms with Crippen molar-refractivity contribution in [1.29, 1.82) is 0 Å². The quantitative estimate of drug-likeness (QED) is 0.341. The minimum atomic E-state index is -2.06. The maximum atomic E-state index is 18.1. The Hall–Kier alpha value is -3.58. The molecule has 2 aromatic rings. The number of thioether (sulfide) groups is 1. The number of esters is 1. The molecule has 0 aliphatic heterocycles. The fourth-order valence-electron chi connectivity index (χ4n) is 9.36. The number of fused-ring (bicyclic) bond motifs is 6. The number of alkyl halides is 2. The van der Waals surface area contributed by atoms with E-state index in [9.17, 15) is 28.7 Å². The van der Waals surface area contributed by atoms with Crippen LogP contribution in [0.25, 0.3) is 11.8 Å². The van der Waals surface area contributed by atoms with Gasteiger partial charge < -0.3 is 20.9 Å². The van der Waals surface area contributed by atoms with E-state index in [1.54, 1.807) is 49.0 Å². The van der Waals surface area contributed by atoms with Crippen molar-refractivity contribution in [2.24, 2.45) is 28.4 Å². The van der Waals surface area contributed by atoms with Gasteiger partial charge in [-0.2, -0.15) is 5.10 Å². The minimum Gasteiger partial charge on any atom is -0.449 e. The molecule has 0 bridgehead atoms. The number of primary amides is 1. The number of nitrogens with zero attached hydrogens (tertiary/aromatic N) is 2. The number of aromatic nitrogens is 2. The Balaban J connectivity index is 1.34. The summed E-state index contributed by atoms with van der Waals surface area (Å²) >= 11 is 0.463. The third-order valence-electron chi connectivity index (χ3n) is 11.9. The first-order chi connectivity index (χ1) is 22.7. The Morgan fingerprint density at radius 1 is 1.23 bits per heavy atom. The molecule has 1 heterocycles. The fraction of sp³-hybridized carbons (Fsp3) is 0.571. The average Bonchev–Trinajstić information content (AvgIpc) is 3.58. The highest BCUT2D eigenvalue weighted by Gasteiger charge is 2.76. The van der Waals surface area contributed by atoms with Crippen LogP contribution >= 0.6 is 11.8 Å². The molecule has 0 spiro atoms. The molecule has 3 fully saturated rings. The van der Waals surface area contributed by atoms with Crippen molar-refractivity contribution in [3.05, 3.63) is 52.9 Å². The van der Waals surface area contributed by atoms with Crippen molar-refractivity contribution < 1.29 is 37.8 Å². The first-order valence-electron chi connectivity index (χ1n) is 16.5. The summed E-state index contributed by atoms with van der Waals surface area (Å²) in [7, 11) is 0. The number of halogens is 2. The normalized spacial score (nSPS) is 34.1. The second kappa shape index (κ2) is 12.1. The van der Waals surface area contributed by atoms with Gasteiger partial charge in [0.05, 0.1) is 23.7 Å². The number of carbonyl (C=O) groups excluding carboxylic acids is 4. The smallest absolute Gasteiger partial charge is 0.306 e. The van der Waals surface area contributed by atoms with Crippen LogP contribution in [-0.2, 0) is 25.5 Å². The maximum Gasteiger partial charge on any atom is 0.306 e. The number of aliphatic hydroxyl groups is 1. The lowest BCUT2D eigenvalue weighted by atomic mass is 9.44. The zero-order valence-electron chi connectivity index (χ0n) is 27.6. The molecule has 2 amide bonds. The summed E-state index contributed by atoms with van der Waals surface area (Å²) in [6.45, 7) is 6.77. The fourth-order valence-corrected chi connectivity index (χ4v) is 10.1. The van der Waals surface area contributed by atoms with Crippen molar-refractivity contribution >= 4 is 40.7 Å². The van der Waals surface area contributed by atoms with Crippen LogP contribution in [0, 0.1) is 22.7 Å². The maximum absolute atomic E-state index is 18.1. The van der Waals surface area contributed by atoms with Crippen molar-refractivity contribution in [3.8, 4) is 5.69 Å². The van der Waals surface area contributed by atoms with Gasteiger partial charge in [0.25, 0.3) is 5.91 Å². The molecule has 4 aliphatic carbocycles. The number of hydrogen-bond donors (Lipinski definition) is 3. The van der Waals surface area contributed by atoms with Crippen LogP contribution in [0.5, 0.6) is 0 Å². The number of rotatable bonds is 8. The van der Waals surface area contributed by atoms with Crippen molar-refractivity contribution in [2.45, 2.75) is 96.1 Å². The van der Waals surface area contributed by atoms with Gasteiger partial charge in [-0.05, 0) is 93.0 Å². The second-order valence-electron chi connectivity index (χ2n) is 14.2. The lowest BCUT2D eigenvalue weighted by molar-refractivity contribution is -0.228. The van der Waals surface area contributed by atoms with E-state index >= 15 is 4.39 Å². The highest BCUT2D eigenvalue weighted by Crippen LogP contribution is 2.71. The molecule has 258 valence electrons. The Kier molecular flexibility index (Phi) is 8.63. The summed E-state index contributed by atoms with van der Waals surface area (Å²) in [6.07, 6.45) is 3.85. The summed E-state index contributed by atoms with van der Waals surface area (Å²) in [5.41, 5.74) is 2.72. The number of aliphatic hydroxyl groups excluding tert-OH is 1. The summed E-state index contributed by atoms with van der Waals surface area (Å²) in [4.78, 5) is 50.4. The van der Waals surface area contributed by atoms with Crippen molar-refractivity contribution in [1.82, 2.24) is 15.1 Å². The van der Waals surface area contributed by atoms with Crippen molar-refractivity contribution in [2.75, 3.05) is 6.01 Å². The molecular formula is C35H42F2N4O6S. The van der Waals surface area contributed by atoms with Gasteiger partial charge in [-0.3, -0.25) is 19.2 Å². The molecule has 0 unspecified atom stereocenters. The summed E-state index contributed by atoms with van der Waals surface area (Å²) in [5, 5.41) is 18.5. The van der Waals surface area contributed by atoms with Crippen LogP contribution < -0.4 is 11.1 Å². The van der Waals surface area contributed by atoms with Gasteiger partial charge in [-0.25, -0.2) is 13.5 Å². The van der Waals surface area contributed by atoms with Crippen LogP contribution in [0.15, 0.2) is 36.0 Å². The number of nitrogens with two attached hydrogens (primary N) is 1. The molecule has 0 radical (unpaired) electrons. The predicted octanol–water partition coefficient (Wildman–Crippen LogP) is 4.60. The Labute approximate surface area is 282 Å². The largest absolute Gasteiger partial charge is 0.449 e. The van der Waals surface area contributed by atoms with Gasteiger partial charge in [0, 0.05) is 28.7 Å². The Morgan fingerprint density at radius 3 is 2.67 bits per heavy atom. The van der Waals surface area contributed by atoms with E-state index in [0.717, 1.165) is 16.8 Å². The van der Waals surface area contributed by atoms with Crippen LogP contribution in [0.1, 0.15) is 87.8 Å². The molecule has 0 saturated heterocycles. The number of ether oxygens (including phenoxy) is 1. The molecule has 8 atom stereocenters. The van der Waals surface area contributed by atoms with Gasteiger partial charge in [-0.15, -0.1) is 0 Å². The van der Waals surface area contributed by atoms with Gasteiger partial charge >= 0.3 is 5.97 Å². The topological polar surface area (TPSA) is 154 Å². The predicted molar refractivity (Wildman–Crippen MR) is 175 cm³/mol. The summed E-state index contributed by atoms with van der Waals surface area (Å²) in [5.74, 6) is -2.71. The monoisotopic (exact) mass is 684 g/mol. The molecule has 48 heavy (non-hydrogen) atoms. The molecule has 1 aromatic heterocycles. The SMILES string of the molecule is CCC(=O)O[C@]1(C(=O)SCF)CC[C@H]2[C@@H]3CCC4=Cc5c(cnn5-c5cccc(C(=O)N[C@@H](C)C(N)=O)c5)C[C@]4(C)[C@@]3(F)[C@@H](O)C[C@@]21C.